The maximum Gasteiger partial charge on any atom is 0.338 e. The summed E-state index contributed by atoms with van der Waals surface area (Å²) < 4.78 is 9.47. The molecule has 0 aromatic heterocycles. The van der Waals surface area contributed by atoms with E-state index in [1.54, 1.807) is 25.1 Å². The first kappa shape index (κ1) is 12.2. The lowest BCUT2D eigenvalue weighted by molar-refractivity contribution is 0.0504. The summed E-state index contributed by atoms with van der Waals surface area (Å²) in [6, 6.07) is 4.93. The first-order valence-corrected chi connectivity index (χ1v) is 4.96. The molecule has 0 N–H and O–H groups in total. The van der Waals surface area contributed by atoms with Gasteiger partial charge in [0.1, 0.15) is 0 Å². The van der Waals surface area contributed by atoms with Crippen molar-refractivity contribution in [3.8, 4) is 0 Å². The highest BCUT2D eigenvalue weighted by molar-refractivity contribution is 6.03. The van der Waals surface area contributed by atoms with E-state index in [1.807, 2.05) is 6.92 Å². The Bertz CT molecular complexity index is 409. The second-order valence-electron chi connectivity index (χ2n) is 3.26. The number of ether oxygens (including phenoxy) is 2. The van der Waals surface area contributed by atoms with E-state index >= 15 is 0 Å². The number of carbonyl (C=O) groups is 2. The van der Waals surface area contributed by atoms with Crippen molar-refractivity contribution in [1.29, 1.82) is 0 Å². The Hall–Kier alpha value is -1.84. The fraction of sp³-hybridized carbons (Fsp3) is 0.333. The lowest BCUT2D eigenvalue weighted by Gasteiger charge is -2.07. The van der Waals surface area contributed by atoms with Gasteiger partial charge in [0.05, 0.1) is 24.8 Å². The quantitative estimate of drug-likeness (QED) is 0.733. The monoisotopic (exact) mass is 222 g/mol. The van der Waals surface area contributed by atoms with Gasteiger partial charge in [-0.15, -0.1) is 0 Å². The van der Waals surface area contributed by atoms with Crippen molar-refractivity contribution in [2.75, 3.05) is 13.7 Å². The summed E-state index contributed by atoms with van der Waals surface area (Å²) in [4.78, 5) is 23.0. The smallest absolute Gasteiger partial charge is 0.338 e. The van der Waals surface area contributed by atoms with Gasteiger partial charge in [-0.2, -0.15) is 0 Å². The van der Waals surface area contributed by atoms with Gasteiger partial charge in [-0.25, -0.2) is 9.59 Å². The largest absolute Gasteiger partial charge is 0.465 e. The van der Waals surface area contributed by atoms with Crippen molar-refractivity contribution in [2.45, 2.75) is 13.8 Å². The second kappa shape index (κ2) is 5.30. The number of hydrogen-bond donors (Lipinski definition) is 0. The average Bonchev–Trinajstić information content (AvgIpc) is 2.28. The number of hydrogen-bond acceptors (Lipinski definition) is 4. The zero-order valence-electron chi connectivity index (χ0n) is 9.57. The number of carbonyl (C=O) groups excluding carboxylic acids is 2. The number of esters is 2. The maximum absolute atomic E-state index is 11.6. The van der Waals surface area contributed by atoms with E-state index in [4.69, 9.17) is 4.74 Å². The van der Waals surface area contributed by atoms with Crippen LogP contribution in [0, 0.1) is 6.92 Å². The van der Waals surface area contributed by atoms with Crippen molar-refractivity contribution < 1.29 is 19.1 Å². The molecule has 0 atom stereocenters. The van der Waals surface area contributed by atoms with Gasteiger partial charge in [0.2, 0.25) is 0 Å². The predicted molar refractivity (Wildman–Crippen MR) is 58.5 cm³/mol. The molecule has 86 valence electrons. The third-order valence-electron chi connectivity index (χ3n) is 2.08. The third-order valence-corrected chi connectivity index (χ3v) is 2.08. The van der Waals surface area contributed by atoms with Gasteiger partial charge >= 0.3 is 11.9 Å². The molecule has 0 amide bonds. The minimum atomic E-state index is -0.535. The van der Waals surface area contributed by atoms with E-state index in [0.717, 1.165) is 5.56 Å². The lowest BCUT2D eigenvalue weighted by Crippen LogP contribution is -2.13. The highest BCUT2D eigenvalue weighted by Gasteiger charge is 2.18. The van der Waals surface area contributed by atoms with Gasteiger partial charge in [-0.05, 0) is 26.0 Å². The molecule has 1 aromatic carbocycles. The summed E-state index contributed by atoms with van der Waals surface area (Å²) in [5, 5.41) is 0. The summed E-state index contributed by atoms with van der Waals surface area (Å²) in [5.74, 6) is -1.05. The molecule has 0 unspecified atom stereocenters. The van der Waals surface area contributed by atoms with Crippen LogP contribution in [0.1, 0.15) is 33.2 Å². The summed E-state index contributed by atoms with van der Waals surface area (Å²) >= 11 is 0. The van der Waals surface area contributed by atoms with E-state index in [2.05, 4.69) is 4.74 Å². The molecule has 16 heavy (non-hydrogen) atoms. The minimum Gasteiger partial charge on any atom is -0.465 e. The highest BCUT2D eigenvalue weighted by atomic mass is 16.5. The van der Waals surface area contributed by atoms with Gasteiger partial charge in [0, 0.05) is 0 Å². The summed E-state index contributed by atoms with van der Waals surface area (Å²) in [6.07, 6.45) is 0. The van der Waals surface area contributed by atoms with Crippen LogP contribution in [0.2, 0.25) is 0 Å². The van der Waals surface area contributed by atoms with E-state index in [1.165, 1.54) is 7.11 Å². The molecular weight excluding hydrogens is 208 g/mol. The van der Waals surface area contributed by atoms with Crippen LogP contribution >= 0.6 is 0 Å². The zero-order valence-corrected chi connectivity index (χ0v) is 9.57. The van der Waals surface area contributed by atoms with Crippen LogP contribution in [-0.2, 0) is 9.47 Å². The Labute approximate surface area is 94.2 Å². The van der Waals surface area contributed by atoms with Crippen LogP contribution in [0.15, 0.2) is 18.2 Å². The van der Waals surface area contributed by atoms with Crippen LogP contribution in [-0.4, -0.2) is 25.7 Å². The Morgan fingerprint density at radius 2 is 1.88 bits per heavy atom. The first-order chi connectivity index (χ1) is 7.60. The number of benzene rings is 1. The molecule has 4 nitrogen and oxygen atoms in total. The van der Waals surface area contributed by atoms with Crippen LogP contribution in [0.3, 0.4) is 0 Å². The molecule has 0 aliphatic heterocycles. The minimum absolute atomic E-state index is 0.235. The molecule has 0 saturated heterocycles. The molecule has 0 fully saturated rings. The van der Waals surface area contributed by atoms with Gasteiger partial charge < -0.3 is 9.47 Å². The number of rotatable bonds is 3. The molecule has 1 aromatic rings. The molecule has 0 heterocycles. The van der Waals surface area contributed by atoms with E-state index in [9.17, 15) is 9.59 Å². The number of methoxy groups -OCH3 is 1. The molecule has 4 heteroatoms. The summed E-state index contributed by atoms with van der Waals surface area (Å²) in [5.41, 5.74) is 1.36. The molecular formula is C12H14O4. The molecule has 0 aliphatic carbocycles. The topological polar surface area (TPSA) is 52.6 Å². The van der Waals surface area contributed by atoms with E-state index in [-0.39, 0.29) is 17.7 Å². The van der Waals surface area contributed by atoms with Crippen molar-refractivity contribution in [3.63, 3.8) is 0 Å². The van der Waals surface area contributed by atoms with Crippen molar-refractivity contribution in [2.24, 2.45) is 0 Å². The molecule has 0 radical (unpaired) electrons. The first-order valence-electron chi connectivity index (χ1n) is 4.96. The fourth-order valence-corrected chi connectivity index (χ4v) is 1.32. The van der Waals surface area contributed by atoms with Crippen molar-refractivity contribution in [3.05, 3.63) is 34.9 Å². The maximum atomic E-state index is 11.6. The molecule has 0 saturated carbocycles. The normalized spacial score (nSPS) is 9.69. The highest BCUT2D eigenvalue weighted by Crippen LogP contribution is 2.14. The summed E-state index contributed by atoms with van der Waals surface area (Å²) in [6.45, 7) is 3.82. The molecule has 0 spiro atoms. The van der Waals surface area contributed by atoms with Gasteiger partial charge in [-0.1, -0.05) is 11.6 Å². The van der Waals surface area contributed by atoms with Gasteiger partial charge in [-0.3, -0.25) is 0 Å². The molecule has 0 bridgehead atoms. The second-order valence-corrected chi connectivity index (χ2v) is 3.26. The SMILES string of the molecule is CCOC(=O)c1ccc(C)cc1C(=O)OC. The Kier molecular flexibility index (Phi) is 4.05. The predicted octanol–water partition coefficient (Wildman–Crippen LogP) is 1.96. The van der Waals surface area contributed by atoms with Crippen LogP contribution in [0.5, 0.6) is 0 Å². The standard InChI is InChI=1S/C12H14O4/c1-4-16-12(14)9-6-5-8(2)7-10(9)11(13)15-3/h5-7H,4H2,1-3H3. The zero-order chi connectivity index (χ0) is 12.1. The van der Waals surface area contributed by atoms with Gasteiger partial charge in [0.25, 0.3) is 0 Å². The number of aryl methyl sites for hydroxylation is 1. The lowest BCUT2D eigenvalue weighted by atomic mass is 10.0. The molecule has 1 rings (SSSR count). The summed E-state index contributed by atoms with van der Waals surface area (Å²) in [7, 11) is 1.28. The average molecular weight is 222 g/mol. The fourth-order valence-electron chi connectivity index (χ4n) is 1.32. The Morgan fingerprint density at radius 1 is 1.19 bits per heavy atom. The van der Waals surface area contributed by atoms with Crippen molar-refractivity contribution >= 4 is 11.9 Å². The van der Waals surface area contributed by atoms with Crippen molar-refractivity contribution in [1.82, 2.24) is 0 Å². The van der Waals surface area contributed by atoms with E-state index in [0.29, 0.717) is 0 Å². The third kappa shape index (κ3) is 2.59. The Morgan fingerprint density at radius 3 is 2.44 bits per heavy atom. The van der Waals surface area contributed by atoms with Crippen LogP contribution < -0.4 is 0 Å². The molecule has 0 aliphatic rings. The van der Waals surface area contributed by atoms with Crippen LogP contribution in [0.4, 0.5) is 0 Å². The van der Waals surface area contributed by atoms with E-state index < -0.39 is 11.9 Å². The van der Waals surface area contributed by atoms with Crippen LogP contribution in [0.25, 0.3) is 0 Å². The Balaban J connectivity index is 3.17. The van der Waals surface area contributed by atoms with Gasteiger partial charge in [0.15, 0.2) is 0 Å².